The monoisotopic (exact) mass is 853 g/mol. The van der Waals surface area contributed by atoms with Crippen LogP contribution in [0.25, 0.3) is 0 Å². The van der Waals surface area contributed by atoms with E-state index in [9.17, 15) is 22.8 Å². The molecular weight excluding hydrogens is 790 g/mol. The van der Waals surface area contributed by atoms with Crippen molar-refractivity contribution in [3.63, 3.8) is 0 Å². The van der Waals surface area contributed by atoms with Crippen molar-refractivity contribution in [1.29, 1.82) is 10.5 Å². The van der Waals surface area contributed by atoms with Crippen LogP contribution >= 0.6 is 24.0 Å². The van der Waals surface area contributed by atoms with Crippen LogP contribution in [0.15, 0.2) is 96.0 Å². The van der Waals surface area contributed by atoms with Gasteiger partial charge in [0, 0.05) is 17.8 Å². The van der Waals surface area contributed by atoms with Crippen molar-refractivity contribution in [2.75, 3.05) is 26.6 Å². The largest absolute Gasteiger partial charge is 0.461 e. The molecule has 324 valence electrons. The standard InChI is InChI=1S/C15H22FNO2.C13H15FN2.C8H7ClO2.C6H11FN2.2CH4.ClH/c1-15(12-17,8-5-9-16)10-14(18)19-11-13-6-3-2-4-7-13;1-13(11-15,8-5-9-14)16-10-12-6-3-2-4-7-12;9-8(10)11-6-7-4-2-1-3-5-7;1-6(9,5-8)3-2-4-7;;;/h2-4,6-7H,5,8-12,17H2,1H3;2-4,6-7,10H,5,8-9H2,1H3;1-5H,6H2;2-4,9H2,1H3;2*1H4;1H. The van der Waals surface area contributed by atoms with Gasteiger partial charge in [-0.2, -0.15) is 10.5 Å². The summed E-state index contributed by atoms with van der Waals surface area (Å²) in [5.74, 6) is -0.282. The van der Waals surface area contributed by atoms with Gasteiger partial charge in [-0.25, -0.2) is 4.79 Å². The minimum atomic E-state index is -0.841. The van der Waals surface area contributed by atoms with Crippen LogP contribution in [0.3, 0.4) is 0 Å². The molecule has 0 saturated carbocycles. The number of alkyl halides is 3. The Morgan fingerprint density at radius 1 is 0.741 bits per heavy atom. The molecule has 14 heteroatoms. The fourth-order valence-corrected chi connectivity index (χ4v) is 4.47. The maximum absolute atomic E-state index is 12.2. The van der Waals surface area contributed by atoms with Crippen LogP contribution in [0.1, 0.15) is 97.3 Å². The molecule has 0 aliphatic heterocycles. The fourth-order valence-electron chi connectivity index (χ4n) is 4.41. The van der Waals surface area contributed by atoms with Gasteiger partial charge in [0.05, 0.1) is 38.6 Å². The first-order valence-corrected chi connectivity index (χ1v) is 18.2. The minimum Gasteiger partial charge on any atom is -0.461 e. The number of nitrogens with two attached hydrogens (primary N) is 2. The van der Waals surface area contributed by atoms with Gasteiger partial charge in [0.2, 0.25) is 0 Å². The third-order valence-corrected chi connectivity index (χ3v) is 7.95. The van der Waals surface area contributed by atoms with E-state index in [2.05, 4.69) is 15.8 Å². The topological polar surface area (TPSA) is 165 Å². The molecule has 0 aromatic heterocycles. The number of hydrogen-bond acceptors (Lipinski definition) is 9. The van der Waals surface area contributed by atoms with Gasteiger partial charge >= 0.3 is 11.4 Å². The Labute approximate surface area is 356 Å². The second-order valence-electron chi connectivity index (χ2n) is 13.3. The molecular formula is C44H64Cl2F3N5O4. The summed E-state index contributed by atoms with van der Waals surface area (Å²) < 4.78 is 45.5. The second kappa shape index (κ2) is 35.7. The van der Waals surface area contributed by atoms with E-state index in [0.29, 0.717) is 45.1 Å². The number of esters is 1. The highest BCUT2D eigenvalue weighted by molar-refractivity contribution is 6.61. The molecule has 3 rings (SSSR count). The lowest BCUT2D eigenvalue weighted by atomic mass is 9.82. The highest BCUT2D eigenvalue weighted by atomic mass is 35.5. The van der Waals surface area contributed by atoms with Gasteiger partial charge in [-0.15, -0.1) is 12.4 Å². The van der Waals surface area contributed by atoms with Crippen molar-refractivity contribution in [2.24, 2.45) is 21.9 Å². The van der Waals surface area contributed by atoms with E-state index in [1.54, 1.807) is 20.1 Å². The Morgan fingerprint density at radius 3 is 1.59 bits per heavy atom. The van der Waals surface area contributed by atoms with Crippen molar-refractivity contribution >= 4 is 41.6 Å². The number of carbonyl (C=O) groups is 2. The Hall–Kier alpha value is -4.46. The van der Waals surface area contributed by atoms with E-state index >= 15 is 0 Å². The molecule has 0 aliphatic carbocycles. The molecule has 3 aromatic carbocycles. The minimum absolute atomic E-state index is 0. The van der Waals surface area contributed by atoms with Crippen molar-refractivity contribution in [3.05, 3.63) is 108 Å². The van der Waals surface area contributed by atoms with Crippen LogP contribution in [0.5, 0.6) is 0 Å². The third kappa shape index (κ3) is 31.6. The van der Waals surface area contributed by atoms with Crippen molar-refractivity contribution in [3.8, 4) is 12.1 Å². The van der Waals surface area contributed by atoms with Gasteiger partial charge in [0.25, 0.3) is 0 Å². The average Bonchev–Trinajstić information content (AvgIpc) is 3.21. The lowest BCUT2D eigenvalue weighted by Crippen LogP contribution is -2.33. The molecule has 0 bridgehead atoms. The number of nitrogens with zero attached hydrogens (tertiary/aromatic N) is 3. The molecule has 3 atom stereocenters. The number of halogens is 5. The molecule has 0 spiro atoms. The van der Waals surface area contributed by atoms with Crippen LogP contribution in [-0.2, 0) is 27.5 Å². The smallest absolute Gasteiger partial charge is 0.404 e. The van der Waals surface area contributed by atoms with E-state index in [-0.39, 0.29) is 65.0 Å². The summed E-state index contributed by atoms with van der Waals surface area (Å²) in [5, 5.41) is 17.3. The van der Waals surface area contributed by atoms with Crippen LogP contribution < -0.4 is 11.5 Å². The van der Waals surface area contributed by atoms with Crippen molar-refractivity contribution in [1.82, 2.24) is 0 Å². The predicted molar refractivity (Wildman–Crippen MR) is 233 cm³/mol. The fraction of sp³-hybridized carbons (Fsp3) is 0.477. The predicted octanol–water partition coefficient (Wildman–Crippen LogP) is 11.2. The van der Waals surface area contributed by atoms with Gasteiger partial charge in [-0.05, 0) is 81.0 Å². The first-order chi connectivity index (χ1) is 26.2. The Balaban J connectivity index is -0.000000342. The van der Waals surface area contributed by atoms with E-state index in [4.69, 9.17) is 38.3 Å². The summed E-state index contributed by atoms with van der Waals surface area (Å²) in [7, 11) is 0. The molecule has 0 radical (unpaired) electrons. The Bertz CT molecular complexity index is 1580. The molecule has 3 unspecified atom stereocenters. The van der Waals surface area contributed by atoms with E-state index < -0.39 is 29.9 Å². The van der Waals surface area contributed by atoms with Crippen molar-refractivity contribution in [2.45, 2.75) is 105 Å². The molecule has 9 nitrogen and oxygen atoms in total. The zero-order valence-corrected chi connectivity index (χ0v) is 34.1. The molecule has 0 heterocycles. The van der Waals surface area contributed by atoms with Gasteiger partial charge in [0.1, 0.15) is 24.3 Å². The highest BCUT2D eigenvalue weighted by Gasteiger charge is 2.26. The lowest BCUT2D eigenvalue weighted by Gasteiger charge is -2.26. The maximum Gasteiger partial charge on any atom is 0.404 e. The number of nitriles is 2. The van der Waals surface area contributed by atoms with Gasteiger partial charge in [-0.1, -0.05) is 113 Å². The van der Waals surface area contributed by atoms with Crippen LogP contribution in [0.2, 0.25) is 0 Å². The number of carbonyl (C=O) groups excluding carboxylic acids is 2. The van der Waals surface area contributed by atoms with Crippen LogP contribution in [-0.4, -0.2) is 55.3 Å². The number of rotatable bonds is 18. The maximum atomic E-state index is 12.2. The van der Waals surface area contributed by atoms with Crippen LogP contribution in [0.4, 0.5) is 18.0 Å². The number of hydrogen-bond donors (Lipinski definition) is 2. The summed E-state index contributed by atoms with van der Waals surface area (Å²) in [4.78, 5) is 26.2. The quantitative estimate of drug-likeness (QED) is 0.0725. The van der Waals surface area contributed by atoms with E-state index in [1.165, 1.54) is 0 Å². The van der Waals surface area contributed by atoms with Crippen LogP contribution in [0, 0.1) is 28.1 Å². The molecule has 3 aromatic rings. The first kappa shape index (κ1) is 60.2. The number of aliphatic imine (C=N–C) groups is 1. The van der Waals surface area contributed by atoms with E-state index in [0.717, 1.165) is 16.7 Å². The molecule has 0 fully saturated rings. The summed E-state index contributed by atoms with van der Waals surface area (Å²) in [6.45, 7) is 4.90. The summed E-state index contributed by atoms with van der Waals surface area (Å²) >= 11 is 4.97. The molecule has 58 heavy (non-hydrogen) atoms. The Morgan fingerprint density at radius 2 is 1.17 bits per heavy atom. The average molecular weight is 855 g/mol. The third-order valence-electron chi connectivity index (χ3n) is 7.84. The molecule has 4 N–H and O–H groups in total. The zero-order chi connectivity index (χ0) is 41.4. The van der Waals surface area contributed by atoms with Gasteiger partial charge < -0.3 is 20.9 Å². The molecule has 0 aliphatic rings. The Kier molecular flexibility index (Phi) is 37.0. The highest BCUT2D eigenvalue weighted by Crippen LogP contribution is 2.27. The second-order valence-corrected chi connectivity index (χ2v) is 13.6. The van der Waals surface area contributed by atoms with Gasteiger partial charge in [0.15, 0.2) is 0 Å². The zero-order valence-electron chi connectivity index (χ0n) is 32.5. The summed E-state index contributed by atoms with van der Waals surface area (Å²) in [6, 6.07) is 32.4. The van der Waals surface area contributed by atoms with Gasteiger partial charge in [-0.3, -0.25) is 23.0 Å². The normalized spacial score (nSPS) is 12.8. The SMILES string of the molecule is C.C.CC(C#N)(CCCF)N=Cc1ccccc1.CC(CN)(CCCF)CC(=O)OCc1ccccc1.CC(N)(C#N)CCCF.Cl.O=C(Cl)OCc1ccccc1. The first-order valence-electron chi connectivity index (χ1n) is 17.9. The number of ether oxygens (including phenoxy) is 2. The number of benzene rings is 3. The summed E-state index contributed by atoms with van der Waals surface area (Å²) in [6.07, 6.45) is 4.55. The molecule has 0 saturated heterocycles. The summed E-state index contributed by atoms with van der Waals surface area (Å²) in [5.41, 5.74) is 11.1. The van der Waals surface area contributed by atoms with Crippen molar-refractivity contribution < 1.29 is 32.2 Å². The van der Waals surface area contributed by atoms with E-state index in [1.807, 2.05) is 104 Å². The molecule has 0 amide bonds. The lowest BCUT2D eigenvalue weighted by molar-refractivity contribution is -0.147.